The minimum atomic E-state index is 0.134. The van der Waals surface area contributed by atoms with Crippen LogP contribution >= 0.6 is 0 Å². The molecule has 1 aromatic rings. The van der Waals surface area contributed by atoms with Gasteiger partial charge in [0.2, 0.25) is 5.91 Å². The molecular formula is C19H30N4O2. The van der Waals surface area contributed by atoms with Crippen molar-refractivity contribution in [3.63, 3.8) is 0 Å². The predicted octanol–water partition coefficient (Wildman–Crippen LogP) is 1.96. The molecule has 3 atom stereocenters. The fraction of sp³-hybridized carbons (Fsp3) is 0.789. The standard InChI is InChI=1S/C19H30N4O2/c1-14-9-16(21-20-14)12-22-8-5-17-15(11-22)13-25-18(17)10-19(24)23-6-3-2-4-7-23/h9,15,17-18H,2-8,10-13H2,1H3,(H,20,21)/t15-,17-,18+/m1/s1. The van der Waals surface area contributed by atoms with Gasteiger partial charge in [-0.1, -0.05) is 0 Å². The summed E-state index contributed by atoms with van der Waals surface area (Å²) in [6.07, 6.45) is 5.43. The van der Waals surface area contributed by atoms with Gasteiger partial charge in [0.15, 0.2) is 0 Å². The van der Waals surface area contributed by atoms with Crippen molar-refractivity contribution in [2.45, 2.75) is 51.7 Å². The minimum absolute atomic E-state index is 0.134. The number of aromatic amines is 1. The van der Waals surface area contributed by atoms with Crippen molar-refractivity contribution in [2.24, 2.45) is 11.8 Å². The monoisotopic (exact) mass is 346 g/mol. The molecule has 1 N–H and O–H groups in total. The van der Waals surface area contributed by atoms with Crippen molar-refractivity contribution in [3.8, 4) is 0 Å². The third kappa shape index (κ3) is 3.90. The molecule has 1 amide bonds. The van der Waals surface area contributed by atoms with Crippen molar-refractivity contribution in [2.75, 3.05) is 32.8 Å². The number of rotatable bonds is 4. The average Bonchev–Trinajstić information content (AvgIpc) is 3.22. The quantitative estimate of drug-likeness (QED) is 0.905. The van der Waals surface area contributed by atoms with Gasteiger partial charge in [0, 0.05) is 37.8 Å². The highest BCUT2D eigenvalue weighted by molar-refractivity contribution is 5.76. The van der Waals surface area contributed by atoms with Crippen molar-refractivity contribution in [1.82, 2.24) is 20.0 Å². The molecule has 0 bridgehead atoms. The Bertz CT molecular complexity index is 596. The van der Waals surface area contributed by atoms with E-state index in [2.05, 4.69) is 26.1 Å². The Balaban J connectivity index is 1.29. The van der Waals surface area contributed by atoms with E-state index in [0.29, 0.717) is 24.2 Å². The van der Waals surface area contributed by atoms with E-state index in [4.69, 9.17) is 4.74 Å². The van der Waals surface area contributed by atoms with Crippen LogP contribution in [0.5, 0.6) is 0 Å². The molecule has 138 valence electrons. The number of nitrogens with zero attached hydrogens (tertiary/aromatic N) is 3. The van der Waals surface area contributed by atoms with Crippen LogP contribution in [0.4, 0.5) is 0 Å². The van der Waals surface area contributed by atoms with Gasteiger partial charge in [0.1, 0.15) is 0 Å². The highest BCUT2D eigenvalue weighted by atomic mass is 16.5. The summed E-state index contributed by atoms with van der Waals surface area (Å²) in [6.45, 7) is 7.77. The smallest absolute Gasteiger partial charge is 0.225 e. The number of carbonyl (C=O) groups excluding carboxylic acids is 1. The maximum atomic E-state index is 12.6. The number of piperidine rings is 2. The van der Waals surface area contributed by atoms with Crippen molar-refractivity contribution in [1.29, 1.82) is 0 Å². The van der Waals surface area contributed by atoms with Gasteiger partial charge in [-0.25, -0.2) is 0 Å². The Kier molecular flexibility index (Phi) is 5.08. The number of nitrogens with one attached hydrogen (secondary N) is 1. The lowest BCUT2D eigenvalue weighted by molar-refractivity contribution is -0.134. The molecule has 0 saturated carbocycles. The summed E-state index contributed by atoms with van der Waals surface area (Å²) < 4.78 is 6.07. The fourth-order valence-electron chi connectivity index (χ4n) is 4.75. The van der Waals surface area contributed by atoms with Gasteiger partial charge in [-0.05, 0) is 51.1 Å². The Labute approximate surface area is 149 Å². The Morgan fingerprint density at radius 3 is 2.92 bits per heavy atom. The van der Waals surface area contributed by atoms with Gasteiger partial charge >= 0.3 is 0 Å². The van der Waals surface area contributed by atoms with Crippen LogP contribution in [0.25, 0.3) is 0 Å². The van der Waals surface area contributed by atoms with Crippen LogP contribution in [0, 0.1) is 18.8 Å². The zero-order chi connectivity index (χ0) is 17.2. The molecule has 6 nitrogen and oxygen atoms in total. The first-order valence-corrected chi connectivity index (χ1v) is 9.81. The highest BCUT2D eigenvalue weighted by Crippen LogP contribution is 2.36. The summed E-state index contributed by atoms with van der Waals surface area (Å²) in [5, 5.41) is 7.37. The molecule has 0 aliphatic carbocycles. The van der Waals surface area contributed by atoms with Gasteiger partial charge in [-0.3, -0.25) is 14.8 Å². The second kappa shape index (κ2) is 7.46. The second-order valence-corrected chi connectivity index (χ2v) is 8.01. The lowest BCUT2D eigenvalue weighted by Crippen LogP contribution is -2.43. The van der Waals surface area contributed by atoms with E-state index in [0.717, 1.165) is 70.0 Å². The first kappa shape index (κ1) is 17.0. The molecule has 3 fully saturated rings. The number of ether oxygens (including phenoxy) is 1. The van der Waals surface area contributed by atoms with Crippen molar-refractivity contribution < 1.29 is 9.53 Å². The van der Waals surface area contributed by atoms with Gasteiger partial charge in [0.25, 0.3) is 0 Å². The first-order chi connectivity index (χ1) is 12.2. The third-order valence-electron chi connectivity index (χ3n) is 6.11. The summed E-state index contributed by atoms with van der Waals surface area (Å²) in [5.41, 5.74) is 2.23. The zero-order valence-electron chi connectivity index (χ0n) is 15.2. The number of carbonyl (C=O) groups is 1. The molecule has 0 spiro atoms. The molecule has 1 aromatic heterocycles. The Morgan fingerprint density at radius 2 is 2.16 bits per heavy atom. The van der Waals surface area contributed by atoms with Gasteiger partial charge in [0.05, 0.1) is 24.8 Å². The molecule has 25 heavy (non-hydrogen) atoms. The number of hydrogen-bond donors (Lipinski definition) is 1. The molecule has 3 aliphatic rings. The van der Waals surface area contributed by atoms with E-state index in [1.54, 1.807) is 0 Å². The fourth-order valence-corrected chi connectivity index (χ4v) is 4.75. The van der Waals surface area contributed by atoms with E-state index >= 15 is 0 Å². The molecule has 6 heteroatoms. The number of aryl methyl sites for hydroxylation is 1. The first-order valence-electron chi connectivity index (χ1n) is 9.81. The number of H-pyrrole nitrogens is 1. The van der Waals surface area contributed by atoms with E-state index in [-0.39, 0.29) is 6.10 Å². The predicted molar refractivity (Wildman–Crippen MR) is 95.0 cm³/mol. The van der Waals surface area contributed by atoms with E-state index in [9.17, 15) is 4.79 Å². The van der Waals surface area contributed by atoms with E-state index in [1.165, 1.54) is 6.42 Å². The van der Waals surface area contributed by atoms with Crippen LogP contribution in [0.3, 0.4) is 0 Å². The normalized spacial score (nSPS) is 30.4. The van der Waals surface area contributed by atoms with Crippen LogP contribution < -0.4 is 0 Å². The van der Waals surface area contributed by atoms with Gasteiger partial charge in [-0.2, -0.15) is 5.10 Å². The highest BCUT2D eigenvalue weighted by Gasteiger charge is 2.42. The molecule has 0 radical (unpaired) electrons. The summed E-state index contributed by atoms with van der Waals surface area (Å²) in [4.78, 5) is 17.1. The summed E-state index contributed by atoms with van der Waals surface area (Å²) >= 11 is 0. The molecule has 3 saturated heterocycles. The average molecular weight is 346 g/mol. The molecule has 4 heterocycles. The lowest BCUT2D eigenvalue weighted by atomic mass is 9.83. The summed E-state index contributed by atoms with van der Waals surface area (Å²) in [5.74, 6) is 1.42. The maximum absolute atomic E-state index is 12.6. The third-order valence-corrected chi connectivity index (χ3v) is 6.11. The zero-order valence-corrected chi connectivity index (χ0v) is 15.2. The van der Waals surface area contributed by atoms with Gasteiger partial charge < -0.3 is 9.64 Å². The molecule has 3 aliphatic heterocycles. The summed E-state index contributed by atoms with van der Waals surface area (Å²) in [7, 11) is 0. The second-order valence-electron chi connectivity index (χ2n) is 8.01. The Morgan fingerprint density at radius 1 is 1.32 bits per heavy atom. The molecule has 4 rings (SSSR count). The minimum Gasteiger partial charge on any atom is -0.377 e. The number of fused-ring (bicyclic) bond motifs is 1. The van der Waals surface area contributed by atoms with Gasteiger partial charge in [-0.15, -0.1) is 0 Å². The van der Waals surface area contributed by atoms with Crippen LogP contribution in [0.15, 0.2) is 6.07 Å². The number of aromatic nitrogens is 2. The summed E-state index contributed by atoms with van der Waals surface area (Å²) in [6, 6.07) is 2.12. The molecular weight excluding hydrogens is 316 g/mol. The number of hydrogen-bond acceptors (Lipinski definition) is 4. The van der Waals surface area contributed by atoms with Crippen LogP contribution in [0.1, 0.15) is 43.5 Å². The largest absolute Gasteiger partial charge is 0.377 e. The van der Waals surface area contributed by atoms with Crippen LogP contribution in [-0.2, 0) is 16.1 Å². The topological polar surface area (TPSA) is 61.5 Å². The molecule has 0 aromatic carbocycles. The van der Waals surface area contributed by atoms with Crippen molar-refractivity contribution >= 4 is 5.91 Å². The SMILES string of the molecule is Cc1cc(CN2CC[C@@H]3[C@@H](CO[C@H]3CC(=O)N3CCCCC3)C2)n[nH]1. The van der Waals surface area contributed by atoms with E-state index in [1.807, 2.05) is 6.92 Å². The number of likely N-dealkylation sites (tertiary alicyclic amines) is 2. The van der Waals surface area contributed by atoms with Crippen molar-refractivity contribution in [3.05, 3.63) is 17.5 Å². The van der Waals surface area contributed by atoms with Crippen LogP contribution in [0.2, 0.25) is 0 Å². The van der Waals surface area contributed by atoms with Crippen LogP contribution in [-0.4, -0.2) is 64.8 Å². The Hall–Kier alpha value is -1.40. The lowest BCUT2D eigenvalue weighted by Gasteiger charge is -2.35. The maximum Gasteiger partial charge on any atom is 0.225 e. The number of amides is 1. The van der Waals surface area contributed by atoms with E-state index < -0.39 is 0 Å². The molecule has 0 unspecified atom stereocenters.